The van der Waals surface area contributed by atoms with Crippen LogP contribution in [0.25, 0.3) is 10.9 Å². The Kier molecular flexibility index (Phi) is 3.42. The molecule has 1 saturated carbocycles. The van der Waals surface area contributed by atoms with Crippen molar-refractivity contribution in [2.24, 2.45) is 0 Å². The van der Waals surface area contributed by atoms with Gasteiger partial charge in [-0.1, -0.05) is 0 Å². The maximum Gasteiger partial charge on any atom is 0.343 e. The summed E-state index contributed by atoms with van der Waals surface area (Å²) >= 11 is 0. The number of ether oxygens (including phenoxy) is 1. The number of halogens is 3. The molecule has 1 aromatic heterocycles. The third-order valence-corrected chi connectivity index (χ3v) is 3.61. The standard InChI is InChI=1S/C15H12F3NO3/c1-2-22-15(21)8-6-19(13-5-11(13)18)12-4-10(17)9(16)3-7(12)14(8)20/h3-4,6,11,13H,2,5H2,1H3. The van der Waals surface area contributed by atoms with Crippen LogP contribution in [-0.2, 0) is 4.74 Å². The lowest BCUT2D eigenvalue weighted by molar-refractivity contribution is 0.0524. The van der Waals surface area contributed by atoms with Crippen molar-refractivity contribution >= 4 is 16.9 Å². The summed E-state index contributed by atoms with van der Waals surface area (Å²) in [6.45, 7) is 1.63. The second kappa shape index (κ2) is 5.15. The summed E-state index contributed by atoms with van der Waals surface area (Å²) < 4.78 is 46.3. The molecule has 4 nitrogen and oxygen atoms in total. The first-order chi connectivity index (χ1) is 10.4. The Hall–Kier alpha value is -2.31. The molecule has 1 aromatic carbocycles. The molecule has 1 aliphatic carbocycles. The fourth-order valence-corrected chi connectivity index (χ4v) is 2.41. The number of benzene rings is 1. The molecule has 7 heteroatoms. The molecule has 0 aliphatic heterocycles. The number of rotatable bonds is 3. The maximum absolute atomic E-state index is 13.4. The van der Waals surface area contributed by atoms with Gasteiger partial charge in [0, 0.05) is 24.1 Å². The molecule has 116 valence electrons. The van der Waals surface area contributed by atoms with Gasteiger partial charge < -0.3 is 9.30 Å². The van der Waals surface area contributed by atoms with Gasteiger partial charge >= 0.3 is 5.97 Å². The predicted octanol–water partition coefficient (Wildman–Crippen LogP) is 2.74. The molecule has 0 radical (unpaired) electrons. The average molecular weight is 311 g/mol. The number of alkyl halides is 1. The van der Waals surface area contributed by atoms with Crippen LogP contribution in [0.1, 0.15) is 29.7 Å². The van der Waals surface area contributed by atoms with Gasteiger partial charge in [0.1, 0.15) is 11.7 Å². The molecule has 2 unspecified atom stereocenters. The molecule has 2 aromatic rings. The second-order valence-electron chi connectivity index (χ2n) is 5.10. The van der Waals surface area contributed by atoms with Crippen LogP contribution >= 0.6 is 0 Å². The monoisotopic (exact) mass is 311 g/mol. The SMILES string of the molecule is CCOC(=O)c1cn(C2CC2F)c2cc(F)c(F)cc2c1=O. The normalized spacial score (nSPS) is 20.2. The largest absolute Gasteiger partial charge is 0.462 e. The summed E-state index contributed by atoms with van der Waals surface area (Å²) in [6.07, 6.45) is 0.206. The Balaban J connectivity index is 2.31. The smallest absolute Gasteiger partial charge is 0.343 e. The Bertz CT molecular complexity index is 831. The van der Waals surface area contributed by atoms with Crippen molar-refractivity contribution in [2.45, 2.75) is 25.6 Å². The lowest BCUT2D eigenvalue weighted by Crippen LogP contribution is -2.21. The third kappa shape index (κ3) is 2.26. The number of esters is 1. The van der Waals surface area contributed by atoms with E-state index in [-0.39, 0.29) is 29.5 Å². The number of nitrogens with zero attached hydrogens (tertiary/aromatic N) is 1. The Morgan fingerprint density at radius 3 is 2.59 bits per heavy atom. The van der Waals surface area contributed by atoms with Gasteiger partial charge in [-0.25, -0.2) is 18.0 Å². The van der Waals surface area contributed by atoms with Crippen molar-refractivity contribution in [3.05, 3.63) is 45.8 Å². The van der Waals surface area contributed by atoms with Gasteiger partial charge in [0.05, 0.1) is 18.2 Å². The second-order valence-corrected chi connectivity index (χ2v) is 5.10. The average Bonchev–Trinajstić information content (AvgIpc) is 3.18. The van der Waals surface area contributed by atoms with E-state index in [1.165, 1.54) is 4.57 Å². The molecule has 0 spiro atoms. The molecular weight excluding hydrogens is 299 g/mol. The van der Waals surface area contributed by atoms with Crippen molar-refractivity contribution in [1.29, 1.82) is 0 Å². The maximum atomic E-state index is 13.4. The first-order valence-corrected chi connectivity index (χ1v) is 6.79. The van der Waals surface area contributed by atoms with E-state index in [1.807, 2.05) is 0 Å². The molecule has 2 atom stereocenters. The molecule has 1 aliphatic rings. The van der Waals surface area contributed by atoms with E-state index in [4.69, 9.17) is 4.74 Å². The fraction of sp³-hybridized carbons (Fsp3) is 0.333. The van der Waals surface area contributed by atoms with E-state index in [9.17, 15) is 22.8 Å². The first kappa shape index (κ1) is 14.6. The fourth-order valence-electron chi connectivity index (χ4n) is 2.41. The lowest BCUT2D eigenvalue weighted by Gasteiger charge is -2.12. The van der Waals surface area contributed by atoms with Crippen LogP contribution in [0.5, 0.6) is 0 Å². The van der Waals surface area contributed by atoms with Crippen molar-refractivity contribution in [3.8, 4) is 0 Å². The van der Waals surface area contributed by atoms with Gasteiger partial charge in [0.2, 0.25) is 5.43 Å². The van der Waals surface area contributed by atoms with Gasteiger partial charge in [-0.05, 0) is 13.0 Å². The van der Waals surface area contributed by atoms with E-state index in [0.29, 0.717) is 0 Å². The number of carbonyl (C=O) groups is 1. The third-order valence-electron chi connectivity index (χ3n) is 3.61. The van der Waals surface area contributed by atoms with Crippen molar-refractivity contribution in [2.75, 3.05) is 6.61 Å². The number of fused-ring (bicyclic) bond motifs is 1. The van der Waals surface area contributed by atoms with Crippen LogP contribution in [0, 0.1) is 11.6 Å². The highest BCUT2D eigenvalue weighted by atomic mass is 19.2. The van der Waals surface area contributed by atoms with Crippen LogP contribution < -0.4 is 5.43 Å². The zero-order valence-corrected chi connectivity index (χ0v) is 11.6. The summed E-state index contributed by atoms with van der Waals surface area (Å²) in [6, 6.07) is 0.967. The number of carbonyl (C=O) groups excluding carboxylic acids is 1. The number of aromatic nitrogens is 1. The van der Waals surface area contributed by atoms with Crippen LogP contribution in [0.3, 0.4) is 0 Å². The van der Waals surface area contributed by atoms with Crippen molar-refractivity contribution in [3.63, 3.8) is 0 Å². The van der Waals surface area contributed by atoms with Crippen LogP contribution in [0.15, 0.2) is 23.1 Å². The number of hydrogen-bond donors (Lipinski definition) is 0. The number of pyridine rings is 1. The molecule has 22 heavy (non-hydrogen) atoms. The summed E-state index contributed by atoms with van der Waals surface area (Å²) in [5.41, 5.74) is -1.03. The van der Waals surface area contributed by atoms with Crippen molar-refractivity contribution < 1.29 is 22.7 Å². The summed E-state index contributed by atoms with van der Waals surface area (Å²) in [5.74, 6) is -3.21. The van der Waals surface area contributed by atoms with Gasteiger partial charge in [0.25, 0.3) is 0 Å². The molecule has 1 fully saturated rings. The molecule has 0 amide bonds. The minimum atomic E-state index is -1.20. The lowest BCUT2D eigenvalue weighted by atomic mass is 10.1. The van der Waals surface area contributed by atoms with Crippen molar-refractivity contribution in [1.82, 2.24) is 4.57 Å². The van der Waals surface area contributed by atoms with Crippen LogP contribution in [-0.4, -0.2) is 23.3 Å². The van der Waals surface area contributed by atoms with E-state index < -0.39 is 35.2 Å². The predicted molar refractivity (Wildman–Crippen MR) is 72.6 cm³/mol. The molecule has 0 saturated heterocycles. The molecule has 0 N–H and O–H groups in total. The van der Waals surface area contributed by atoms with E-state index in [1.54, 1.807) is 6.92 Å². The van der Waals surface area contributed by atoms with E-state index in [2.05, 4.69) is 0 Å². The van der Waals surface area contributed by atoms with Crippen LogP contribution in [0.2, 0.25) is 0 Å². The molecular formula is C15H12F3NO3. The summed E-state index contributed by atoms with van der Waals surface area (Å²) in [5, 5.41) is -0.177. The quantitative estimate of drug-likeness (QED) is 0.819. The summed E-state index contributed by atoms with van der Waals surface area (Å²) in [7, 11) is 0. The van der Waals surface area contributed by atoms with Gasteiger partial charge in [-0.15, -0.1) is 0 Å². The highest BCUT2D eigenvalue weighted by Gasteiger charge is 2.40. The zero-order valence-electron chi connectivity index (χ0n) is 11.6. The molecule has 1 heterocycles. The Labute approximate surface area is 123 Å². The topological polar surface area (TPSA) is 48.3 Å². The zero-order chi connectivity index (χ0) is 16.0. The molecule has 3 rings (SSSR count). The van der Waals surface area contributed by atoms with Crippen LogP contribution in [0.4, 0.5) is 13.2 Å². The van der Waals surface area contributed by atoms with E-state index >= 15 is 0 Å². The minimum absolute atomic E-state index is 0.0575. The summed E-state index contributed by atoms with van der Waals surface area (Å²) in [4.78, 5) is 24.1. The Morgan fingerprint density at radius 2 is 2.00 bits per heavy atom. The number of hydrogen-bond acceptors (Lipinski definition) is 3. The van der Waals surface area contributed by atoms with E-state index in [0.717, 1.165) is 18.3 Å². The minimum Gasteiger partial charge on any atom is -0.462 e. The van der Waals surface area contributed by atoms with Gasteiger partial charge in [-0.2, -0.15) is 0 Å². The first-order valence-electron chi connectivity index (χ1n) is 6.79. The highest BCUT2D eigenvalue weighted by Crippen LogP contribution is 2.40. The van der Waals surface area contributed by atoms with Gasteiger partial charge in [-0.3, -0.25) is 4.79 Å². The molecule has 0 bridgehead atoms. The van der Waals surface area contributed by atoms with Gasteiger partial charge in [0.15, 0.2) is 11.6 Å². The highest BCUT2D eigenvalue weighted by molar-refractivity contribution is 5.93. The Morgan fingerprint density at radius 1 is 1.36 bits per heavy atom.